The Bertz CT molecular complexity index is 406. The minimum atomic E-state index is -1.16. The van der Waals surface area contributed by atoms with Crippen LogP contribution in [0.3, 0.4) is 0 Å². The molecule has 0 unspecified atom stereocenters. The van der Waals surface area contributed by atoms with Gasteiger partial charge >= 0.3 is 5.97 Å². The molecule has 0 saturated heterocycles. The van der Waals surface area contributed by atoms with E-state index in [9.17, 15) is 4.79 Å². The summed E-state index contributed by atoms with van der Waals surface area (Å²) in [7, 11) is 2.69. The van der Waals surface area contributed by atoms with E-state index >= 15 is 0 Å². The first-order valence-corrected chi connectivity index (χ1v) is 4.34. The zero-order valence-corrected chi connectivity index (χ0v) is 8.96. The minimum absolute atomic E-state index is 0.0619. The molecule has 1 rings (SSSR count). The summed E-state index contributed by atoms with van der Waals surface area (Å²) in [6.45, 7) is 0. The van der Waals surface area contributed by atoms with Crippen LogP contribution in [0.2, 0.25) is 5.02 Å². The van der Waals surface area contributed by atoms with Crippen LogP contribution in [0.25, 0.3) is 0 Å². The van der Waals surface area contributed by atoms with Gasteiger partial charge in [-0.25, -0.2) is 4.79 Å². The molecule has 0 bridgehead atoms. The van der Waals surface area contributed by atoms with E-state index in [0.29, 0.717) is 0 Å². The number of methoxy groups -OCH3 is 2. The molecule has 3 N–H and O–H groups in total. The fourth-order valence-electron chi connectivity index (χ4n) is 1.19. The molecule has 0 spiro atoms. The number of anilines is 1. The van der Waals surface area contributed by atoms with Gasteiger partial charge < -0.3 is 20.3 Å². The standard InChI is InChI=1S/C9H10ClNO4/c1-14-7-4(9(12)13)3-5(10)6(11)8(7)15-2/h3H,11H2,1-2H3,(H,12,13). The fraction of sp³-hybridized carbons (Fsp3) is 0.222. The molecule has 0 heterocycles. The lowest BCUT2D eigenvalue weighted by Gasteiger charge is -2.13. The molecule has 6 heteroatoms. The number of rotatable bonds is 3. The van der Waals surface area contributed by atoms with Crippen molar-refractivity contribution >= 4 is 23.3 Å². The Hall–Kier alpha value is -1.62. The van der Waals surface area contributed by atoms with Crippen molar-refractivity contribution in [1.29, 1.82) is 0 Å². The van der Waals surface area contributed by atoms with E-state index in [2.05, 4.69) is 0 Å². The Kier molecular flexibility index (Phi) is 3.26. The lowest BCUT2D eigenvalue weighted by molar-refractivity contribution is 0.0692. The molecule has 0 saturated carbocycles. The summed E-state index contributed by atoms with van der Waals surface area (Å²) in [6.07, 6.45) is 0. The number of aromatic carboxylic acids is 1. The Morgan fingerprint density at radius 3 is 2.33 bits per heavy atom. The van der Waals surface area contributed by atoms with Crippen LogP contribution < -0.4 is 15.2 Å². The smallest absolute Gasteiger partial charge is 0.339 e. The Balaban J connectivity index is 3.54. The molecule has 0 aliphatic heterocycles. The first-order valence-electron chi connectivity index (χ1n) is 3.96. The van der Waals surface area contributed by atoms with Gasteiger partial charge in [-0.05, 0) is 6.07 Å². The van der Waals surface area contributed by atoms with Crippen LogP contribution in [0.5, 0.6) is 11.5 Å². The van der Waals surface area contributed by atoms with Crippen molar-refractivity contribution in [3.8, 4) is 11.5 Å². The number of carboxylic acid groups (broad SMARTS) is 1. The van der Waals surface area contributed by atoms with Crippen molar-refractivity contribution in [3.05, 3.63) is 16.7 Å². The highest BCUT2D eigenvalue weighted by Crippen LogP contribution is 2.41. The van der Waals surface area contributed by atoms with Gasteiger partial charge in [-0.3, -0.25) is 0 Å². The van der Waals surface area contributed by atoms with Crippen LogP contribution in [0.1, 0.15) is 10.4 Å². The lowest BCUT2D eigenvalue weighted by atomic mass is 10.1. The van der Waals surface area contributed by atoms with Crippen LogP contribution in [-0.4, -0.2) is 25.3 Å². The number of nitrogen functional groups attached to an aromatic ring is 1. The third-order valence-electron chi connectivity index (χ3n) is 1.86. The monoisotopic (exact) mass is 231 g/mol. The molecule has 5 nitrogen and oxygen atoms in total. The number of hydrogen-bond acceptors (Lipinski definition) is 4. The second-order valence-corrected chi connectivity index (χ2v) is 3.10. The summed E-state index contributed by atoms with van der Waals surface area (Å²) in [5.74, 6) is -0.971. The quantitative estimate of drug-likeness (QED) is 0.773. The molecule has 0 aromatic heterocycles. The van der Waals surface area contributed by atoms with E-state index < -0.39 is 5.97 Å². The average Bonchev–Trinajstić information content (AvgIpc) is 2.20. The van der Waals surface area contributed by atoms with E-state index in [-0.39, 0.29) is 27.8 Å². The van der Waals surface area contributed by atoms with Gasteiger partial charge in [0.1, 0.15) is 5.56 Å². The van der Waals surface area contributed by atoms with Crippen LogP contribution in [0.15, 0.2) is 6.07 Å². The normalized spacial score (nSPS) is 9.80. The number of hydrogen-bond donors (Lipinski definition) is 2. The third kappa shape index (κ3) is 1.92. The molecule has 0 atom stereocenters. The zero-order chi connectivity index (χ0) is 11.6. The van der Waals surface area contributed by atoms with Gasteiger partial charge in [-0.1, -0.05) is 11.6 Å². The Labute approximate surface area is 91.4 Å². The number of halogens is 1. The summed E-state index contributed by atoms with van der Waals surface area (Å²) in [4.78, 5) is 10.9. The maximum absolute atomic E-state index is 10.9. The second-order valence-electron chi connectivity index (χ2n) is 2.69. The summed E-state index contributed by atoms with van der Waals surface area (Å²) < 4.78 is 9.86. The van der Waals surface area contributed by atoms with E-state index in [4.69, 9.17) is 31.9 Å². The molecule has 15 heavy (non-hydrogen) atoms. The van der Waals surface area contributed by atoms with Crippen molar-refractivity contribution in [2.45, 2.75) is 0 Å². The highest BCUT2D eigenvalue weighted by atomic mass is 35.5. The molecule has 0 aliphatic rings. The van der Waals surface area contributed by atoms with Gasteiger partial charge in [0.25, 0.3) is 0 Å². The van der Waals surface area contributed by atoms with Crippen LogP contribution in [0.4, 0.5) is 5.69 Å². The Morgan fingerprint density at radius 2 is 1.93 bits per heavy atom. The number of ether oxygens (including phenoxy) is 2. The zero-order valence-electron chi connectivity index (χ0n) is 8.20. The summed E-state index contributed by atoms with van der Waals surface area (Å²) >= 11 is 5.75. The number of carbonyl (C=O) groups is 1. The van der Waals surface area contributed by atoms with Crippen LogP contribution >= 0.6 is 11.6 Å². The molecular weight excluding hydrogens is 222 g/mol. The molecule has 0 radical (unpaired) electrons. The Morgan fingerprint density at radius 1 is 1.40 bits per heavy atom. The van der Waals surface area contributed by atoms with Crippen molar-refractivity contribution < 1.29 is 19.4 Å². The number of carboxylic acids is 1. The fourth-order valence-corrected chi connectivity index (χ4v) is 1.38. The van der Waals surface area contributed by atoms with Gasteiger partial charge in [0.2, 0.25) is 0 Å². The van der Waals surface area contributed by atoms with E-state index in [1.54, 1.807) is 0 Å². The second kappa shape index (κ2) is 4.27. The van der Waals surface area contributed by atoms with Gasteiger partial charge in [-0.2, -0.15) is 0 Å². The van der Waals surface area contributed by atoms with Crippen LogP contribution in [-0.2, 0) is 0 Å². The number of benzene rings is 1. The topological polar surface area (TPSA) is 81.8 Å². The summed E-state index contributed by atoms with van der Waals surface area (Å²) in [5.41, 5.74) is 5.67. The predicted molar refractivity (Wildman–Crippen MR) is 55.9 cm³/mol. The van der Waals surface area contributed by atoms with E-state index in [1.807, 2.05) is 0 Å². The van der Waals surface area contributed by atoms with Gasteiger partial charge in [-0.15, -0.1) is 0 Å². The van der Waals surface area contributed by atoms with E-state index in [1.165, 1.54) is 20.3 Å². The lowest BCUT2D eigenvalue weighted by Crippen LogP contribution is -2.05. The largest absolute Gasteiger partial charge is 0.492 e. The maximum atomic E-state index is 10.9. The average molecular weight is 232 g/mol. The third-order valence-corrected chi connectivity index (χ3v) is 2.18. The maximum Gasteiger partial charge on any atom is 0.339 e. The van der Waals surface area contributed by atoms with Crippen molar-refractivity contribution in [1.82, 2.24) is 0 Å². The van der Waals surface area contributed by atoms with E-state index in [0.717, 1.165) is 0 Å². The van der Waals surface area contributed by atoms with Crippen molar-refractivity contribution in [3.63, 3.8) is 0 Å². The minimum Gasteiger partial charge on any atom is -0.492 e. The molecule has 1 aromatic carbocycles. The highest BCUT2D eigenvalue weighted by Gasteiger charge is 2.21. The van der Waals surface area contributed by atoms with Crippen LogP contribution in [0, 0.1) is 0 Å². The van der Waals surface area contributed by atoms with Crippen molar-refractivity contribution in [2.24, 2.45) is 0 Å². The van der Waals surface area contributed by atoms with Gasteiger partial charge in [0.15, 0.2) is 11.5 Å². The molecule has 0 amide bonds. The molecule has 82 valence electrons. The number of nitrogens with two attached hydrogens (primary N) is 1. The van der Waals surface area contributed by atoms with Gasteiger partial charge in [0.05, 0.1) is 24.9 Å². The van der Waals surface area contributed by atoms with Crippen molar-refractivity contribution in [2.75, 3.05) is 20.0 Å². The molecule has 0 aliphatic carbocycles. The molecule has 0 fully saturated rings. The SMILES string of the molecule is COc1c(C(=O)O)cc(Cl)c(N)c1OC. The molecule has 1 aromatic rings. The first-order chi connectivity index (χ1) is 7.02. The van der Waals surface area contributed by atoms with Gasteiger partial charge in [0, 0.05) is 0 Å². The summed E-state index contributed by atoms with van der Waals surface area (Å²) in [6, 6.07) is 1.22. The summed E-state index contributed by atoms with van der Waals surface area (Å²) in [5, 5.41) is 9.01. The first kappa shape index (κ1) is 11.5. The highest BCUT2D eigenvalue weighted by molar-refractivity contribution is 6.34. The predicted octanol–water partition coefficient (Wildman–Crippen LogP) is 1.64. The molecular formula is C9H10ClNO4.